The molecule has 1 amide bonds. The summed E-state index contributed by atoms with van der Waals surface area (Å²) in [6.45, 7) is 6.67. The van der Waals surface area contributed by atoms with Gasteiger partial charge in [-0.3, -0.25) is 9.69 Å². The molecule has 0 spiro atoms. The monoisotopic (exact) mass is 343 g/mol. The molecule has 3 heterocycles. The second-order valence-corrected chi connectivity index (χ2v) is 6.56. The normalized spacial score (nSPS) is 19.4. The van der Waals surface area contributed by atoms with Crippen LogP contribution in [0.5, 0.6) is 11.5 Å². The Morgan fingerprint density at radius 2 is 2.16 bits per heavy atom. The van der Waals surface area contributed by atoms with Gasteiger partial charge in [0, 0.05) is 36.8 Å². The summed E-state index contributed by atoms with van der Waals surface area (Å²) in [5, 5.41) is 7.11. The number of carbonyl (C=O) groups is 1. The SMILES string of the molecule is Cc1noc(C)c1CN1CCC(NC(=O)c2ccc3c(c2)OCO3)C1. The highest BCUT2D eigenvalue weighted by molar-refractivity contribution is 5.95. The number of rotatable bonds is 4. The maximum absolute atomic E-state index is 12.5. The molecule has 1 saturated heterocycles. The lowest BCUT2D eigenvalue weighted by Gasteiger charge is -2.16. The minimum Gasteiger partial charge on any atom is -0.454 e. The summed E-state index contributed by atoms with van der Waals surface area (Å²) < 4.78 is 15.8. The number of hydrogen-bond donors (Lipinski definition) is 1. The Bertz CT molecular complexity index is 782. The van der Waals surface area contributed by atoms with Gasteiger partial charge in [-0.05, 0) is 38.5 Å². The second kappa shape index (κ2) is 6.40. The van der Waals surface area contributed by atoms with Gasteiger partial charge in [0.05, 0.1) is 5.69 Å². The number of nitrogens with one attached hydrogen (secondary N) is 1. The van der Waals surface area contributed by atoms with E-state index < -0.39 is 0 Å². The topological polar surface area (TPSA) is 76.8 Å². The minimum atomic E-state index is -0.0810. The van der Waals surface area contributed by atoms with E-state index in [0.717, 1.165) is 43.1 Å². The van der Waals surface area contributed by atoms with Crippen molar-refractivity contribution in [2.75, 3.05) is 19.9 Å². The van der Waals surface area contributed by atoms with Crippen LogP contribution in [0.2, 0.25) is 0 Å². The summed E-state index contributed by atoms with van der Waals surface area (Å²) in [5.74, 6) is 2.09. The largest absolute Gasteiger partial charge is 0.454 e. The molecule has 132 valence electrons. The first-order chi connectivity index (χ1) is 12.1. The average molecular weight is 343 g/mol. The highest BCUT2D eigenvalue weighted by Gasteiger charge is 2.26. The van der Waals surface area contributed by atoms with E-state index in [9.17, 15) is 4.79 Å². The van der Waals surface area contributed by atoms with Crippen LogP contribution in [0.3, 0.4) is 0 Å². The molecular weight excluding hydrogens is 322 g/mol. The van der Waals surface area contributed by atoms with Crippen molar-refractivity contribution in [1.29, 1.82) is 0 Å². The quantitative estimate of drug-likeness (QED) is 0.915. The molecule has 0 bridgehead atoms. The molecule has 0 aliphatic carbocycles. The maximum Gasteiger partial charge on any atom is 0.251 e. The van der Waals surface area contributed by atoms with Crippen LogP contribution in [-0.4, -0.2) is 41.9 Å². The Balaban J connectivity index is 1.35. The Morgan fingerprint density at radius 1 is 1.32 bits per heavy atom. The number of fused-ring (bicyclic) bond motifs is 1. The summed E-state index contributed by atoms with van der Waals surface area (Å²) in [5.41, 5.74) is 2.67. The molecule has 2 aliphatic rings. The van der Waals surface area contributed by atoms with Crippen LogP contribution in [0.15, 0.2) is 22.7 Å². The van der Waals surface area contributed by atoms with Gasteiger partial charge in [-0.15, -0.1) is 0 Å². The molecule has 0 radical (unpaired) electrons. The van der Waals surface area contributed by atoms with Crippen molar-refractivity contribution < 1.29 is 18.8 Å². The number of carbonyl (C=O) groups excluding carboxylic acids is 1. The summed E-state index contributed by atoms with van der Waals surface area (Å²) in [7, 11) is 0. The molecule has 2 aliphatic heterocycles. The Kier molecular flexibility index (Phi) is 4.09. The zero-order valence-electron chi connectivity index (χ0n) is 14.4. The zero-order chi connectivity index (χ0) is 17.4. The van der Waals surface area contributed by atoms with E-state index in [0.29, 0.717) is 17.1 Å². The van der Waals surface area contributed by atoms with E-state index in [4.69, 9.17) is 14.0 Å². The number of hydrogen-bond acceptors (Lipinski definition) is 6. The van der Waals surface area contributed by atoms with Gasteiger partial charge in [-0.1, -0.05) is 5.16 Å². The van der Waals surface area contributed by atoms with Crippen LogP contribution in [0.1, 0.15) is 33.8 Å². The number of nitrogens with zero attached hydrogens (tertiary/aromatic N) is 2. The fourth-order valence-electron chi connectivity index (χ4n) is 3.35. The van der Waals surface area contributed by atoms with Crippen molar-refractivity contribution in [2.45, 2.75) is 32.9 Å². The Morgan fingerprint density at radius 3 is 2.96 bits per heavy atom. The third-order valence-electron chi connectivity index (χ3n) is 4.81. The van der Waals surface area contributed by atoms with Gasteiger partial charge in [-0.25, -0.2) is 0 Å². The first kappa shape index (κ1) is 16.0. The molecule has 1 fully saturated rings. The number of likely N-dealkylation sites (tertiary alicyclic amines) is 1. The van der Waals surface area contributed by atoms with Crippen molar-refractivity contribution in [3.63, 3.8) is 0 Å². The van der Waals surface area contributed by atoms with Gasteiger partial charge >= 0.3 is 0 Å². The van der Waals surface area contributed by atoms with E-state index in [-0.39, 0.29) is 18.7 Å². The van der Waals surface area contributed by atoms with Gasteiger partial charge in [0.1, 0.15) is 5.76 Å². The number of aryl methyl sites for hydroxylation is 2. The second-order valence-electron chi connectivity index (χ2n) is 6.56. The third-order valence-corrected chi connectivity index (χ3v) is 4.81. The lowest BCUT2D eigenvalue weighted by atomic mass is 10.1. The van der Waals surface area contributed by atoms with Gasteiger partial charge in [0.2, 0.25) is 6.79 Å². The van der Waals surface area contributed by atoms with Gasteiger partial charge in [0.25, 0.3) is 5.91 Å². The molecule has 7 nitrogen and oxygen atoms in total. The molecule has 1 aromatic heterocycles. The van der Waals surface area contributed by atoms with Crippen molar-refractivity contribution in [1.82, 2.24) is 15.4 Å². The molecule has 1 aromatic carbocycles. The maximum atomic E-state index is 12.5. The molecule has 4 rings (SSSR count). The molecule has 0 saturated carbocycles. The van der Waals surface area contributed by atoms with Crippen LogP contribution >= 0.6 is 0 Å². The van der Waals surface area contributed by atoms with Gasteiger partial charge < -0.3 is 19.3 Å². The fourth-order valence-corrected chi connectivity index (χ4v) is 3.35. The summed E-state index contributed by atoms with van der Waals surface area (Å²) in [6.07, 6.45) is 0.930. The Hall–Kier alpha value is -2.54. The Labute approximate surface area is 145 Å². The van der Waals surface area contributed by atoms with Crippen LogP contribution < -0.4 is 14.8 Å². The first-order valence-electron chi connectivity index (χ1n) is 8.45. The number of ether oxygens (including phenoxy) is 2. The molecule has 25 heavy (non-hydrogen) atoms. The van der Waals surface area contributed by atoms with Crippen molar-refractivity contribution in [3.8, 4) is 11.5 Å². The predicted molar refractivity (Wildman–Crippen MR) is 89.7 cm³/mol. The van der Waals surface area contributed by atoms with Crippen LogP contribution in [0, 0.1) is 13.8 Å². The highest BCUT2D eigenvalue weighted by atomic mass is 16.7. The van der Waals surface area contributed by atoms with E-state index >= 15 is 0 Å². The van der Waals surface area contributed by atoms with Crippen molar-refractivity contribution in [2.24, 2.45) is 0 Å². The van der Waals surface area contributed by atoms with E-state index in [1.165, 1.54) is 0 Å². The number of benzene rings is 1. The molecule has 7 heteroatoms. The molecule has 2 aromatic rings. The van der Waals surface area contributed by atoms with Crippen LogP contribution in [0.25, 0.3) is 0 Å². The van der Waals surface area contributed by atoms with Crippen molar-refractivity contribution >= 4 is 5.91 Å². The van der Waals surface area contributed by atoms with Gasteiger partial charge in [-0.2, -0.15) is 0 Å². The summed E-state index contributed by atoms with van der Waals surface area (Å²) >= 11 is 0. The van der Waals surface area contributed by atoms with Crippen molar-refractivity contribution in [3.05, 3.63) is 40.8 Å². The first-order valence-corrected chi connectivity index (χ1v) is 8.45. The number of aromatic nitrogens is 1. The van der Waals surface area contributed by atoms with Crippen LogP contribution in [-0.2, 0) is 6.54 Å². The standard InChI is InChI=1S/C18H21N3O4/c1-11-15(12(2)25-20-11)9-21-6-5-14(8-21)19-18(22)13-3-4-16-17(7-13)24-10-23-16/h3-4,7,14H,5-6,8-10H2,1-2H3,(H,19,22). The molecule has 1 unspecified atom stereocenters. The molecule has 1 atom stereocenters. The lowest BCUT2D eigenvalue weighted by molar-refractivity contribution is 0.0937. The van der Waals surface area contributed by atoms with E-state index in [2.05, 4.69) is 15.4 Å². The predicted octanol–water partition coefficient (Wildman–Crippen LogP) is 2.02. The smallest absolute Gasteiger partial charge is 0.251 e. The summed E-state index contributed by atoms with van der Waals surface area (Å²) in [4.78, 5) is 14.8. The van der Waals surface area contributed by atoms with Gasteiger partial charge in [0.15, 0.2) is 11.5 Å². The fraction of sp³-hybridized carbons (Fsp3) is 0.444. The van der Waals surface area contributed by atoms with Crippen LogP contribution in [0.4, 0.5) is 0 Å². The average Bonchev–Trinajstić information content (AvgIpc) is 3.31. The lowest BCUT2D eigenvalue weighted by Crippen LogP contribution is -2.37. The molecular formula is C18H21N3O4. The number of amides is 1. The van der Waals surface area contributed by atoms with E-state index in [1.807, 2.05) is 13.8 Å². The highest BCUT2D eigenvalue weighted by Crippen LogP contribution is 2.32. The zero-order valence-corrected chi connectivity index (χ0v) is 14.4. The minimum absolute atomic E-state index is 0.0810. The summed E-state index contributed by atoms with van der Waals surface area (Å²) in [6, 6.07) is 5.40. The third kappa shape index (κ3) is 3.19. The van der Waals surface area contributed by atoms with E-state index in [1.54, 1.807) is 18.2 Å². The molecule has 1 N–H and O–H groups in total.